The van der Waals surface area contributed by atoms with Crippen LogP contribution in [0, 0.1) is 5.82 Å². The van der Waals surface area contributed by atoms with E-state index in [2.05, 4.69) is 17.1 Å². The van der Waals surface area contributed by atoms with Crippen LogP contribution in [0.4, 0.5) is 4.39 Å². The first kappa shape index (κ1) is 15.5. The zero-order valence-electron chi connectivity index (χ0n) is 12.6. The molecule has 0 spiro atoms. The second-order valence-corrected chi connectivity index (χ2v) is 5.69. The topological polar surface area (TPSA) is 15.3 Å². The lowest BCUT2D eigenvalue weighted by molar-refractivity contribution is 0.224. The van der Waals surface area contributed by atoms with Gasteiger partial charge in [-0.2, -0.15) is 0 Å². The van der Waals surface area contributed by atoms with E-state index in [-0.39, 0.29) is 11.9 Å². The quantitative estimate of drug-likeness (QED) is 0.764. The van der Waals surface area contributed by atoms with E-state index in [0.717, 1.165) is 24.9 Å². The van der Waals surface area contributed by atoms with Crippen LogP contribution in [0.3, 0.4) is 0 Å². The first-order valence-electron chi connectivity index (χ1n) is 8.01. The number of piperidine rings is 1. The van der Waals surface area contributed by atoms with Crippen LogP contribution in [0.5, 0.6) is 0 Å². The molecule has 1 aliphatic heterocycles. The predicted octanol–water partition coefficient (Wildman–Crippen LogP) is 3.74. The number of rotatable bonds is 7. The van der Waals surface area contributed by atoms with Gasteiger partial charge in [-0.05, 0) is 57.9 Å². The Morgan fingerprint density at radius 1 is 1.20 bits per heavy atom. The second kappa shape index (κ2) is 8.38. The number of hydrogen-bond donors (Lipinski definition) is 1. The summed E-state index contributed by atoms with van der Waals surface area (Å²) in [7, 11) is 0. The summed E-state index contributed by atoms with van der Waals surface area (Å²) >= 11 is 0. The van der Waals surface area contributed by atoms with Gasteiger partial charge in [0, 0.05) is 11.6 Å². The average Bonchev–Trinajstić information content (AvgIpc) is 2.50. The summed E-state index contributed by atoms with van der Waals surface area (Å²) in [6.45, 7) is 6.74. The molecule has 1 aliphatic rings. The van der Waals surface area contributed by atoms with Crippen LogP contribution >= 0.6 is 0 Å². The van der Waals surface area contributed by atoms with Crippen molar-refractivity contribution in [1.82, 2.24) is 10.2 Å². The minimum absolute atomic E-state index is 0.0946. The van der Waals surface area contributed by atoms with Crippen LogP contribution in [0.25, 0.3) is 0 Å². The van der Waals surface area contributed by atoms with Gasteiger partial charge >= 0.3 is 0 Å². The zero-order chi connectivity index (χ0) is 14.2. The molecule has 1 aromatic carbocycles. The maximum atomic E-state index is 13.8. The third kappa shape index (κ3) is 4.57. The lowest BCUT2D eigenvalue weighted by Gasteiger charge is -2.26. The van der Waals surface area contributed by atoms with Crippen molar-refractivity contribution in [3.8, 4) is 0 Å². The van der Waals surface area contributed by atoms with Crippen LogP contribution in [0.2, 0.25) is 0 Å². The van der Waals surface area contributed by atoms with Crippen molar-refractivity contribution in [2.24, 2.45) is 0 Å². The molecule has 0 aliphatic carbocycles. The molecule has 2 rings (SSSR count). The van der Waals surface area contributed by atoms with E-state index in [9.17, 15) is 4.39 Å². The molecule has 1 heterocycles. The molecule has 112 valence electrons. The summed E-state index contributed by atoms with van der Waals surface area (Å²) in [5, 5.41) is 3.50. The average molecular weight is 278 g/mol. The molecule has 20 heavy (non-hydrogen) atoms. The molecule has 1 atom stereocenters. The molecule has 2 nitrogen and oxygen atoms in total. The summed E-state index contributed by atoms with van der Waals surface area (Å²) in [5.41, 5.74) is 0.799. The van der Waals surface area contributed by atoms with E-state index < -0.39 is 0 Å². The van der Waals surface area contributed by atoms with Crippen LogP contribution in [0.15, 0.2) is 24.3 Å². The fourth-order valence-corrected chi connectivity index (χ4v) is 2.99. The van der Waals surface area contributed by atoms with Gasteiger partial charge in [0.2, 0.25) is 0 Å². The van der Waals surface area contributed by atoms with E-state index >= 15 is 0 Å². The van der Waals surface area contributed by atoms with Gasteiger partial charge in [0.1, 0.15) is 5.82 Å². The van der Waals surface area contributed by atoms with Gasteiger partial charge in [-0.15, -0.1) is 0 Å². The molecule has 0 amide bonds. The molecule has 1 unspecified atom stereocenters. The molecule has 0 saturated carbocycles. The van der Waals surface area contributed by atoms with Gasteiger partial charge in [0.15, 0.2) is 0 Å². The minimum Gasteiger partial charge on any atom is -0.310 e. The highest BCUT2D eigenvalue weighted by Gasteiger charge is 2.13. The van der Waals surface area contributed by atoms with Crippen LogP contribution in [0.1, 0.15) is 50.6 Å². The van der Waals surface area contributed by atoms with Gasteiger partial charge < -0.3 is 10.2 Å². The highest BCUT2D eigenvalue weighted by molar-refractivity contribution is 5.21. The summed E-state index contributed by atoms with van der Waals surface area (Å²) in [6, 6.07) is 7.24. The van der Waals surface area contributed by atoms with Crippen molar-refractivity contribution in [2.45, 2.75) is 45.1 Å². The Balaban J connectivity index is 1.72. The number of halogens is 1. The normalized spacial score (nSPS) is 18.1. The number of hydrogen-bond acceptors (Lipinski definition) is 2. The van der Waals surface area contributed by atoms with Crippen LogP contribution < -0.4 is 5.32 Å². The molecule has 0 aromatic heterocycles. The van der Waals surface area contributed by atoms with Crippen LogP contribution in [-0.2, 0) is 0 Å². The van der Waals surface area contributed by atoms with E-state index in [1.54, 1.807) is 12.1 Å². The molecule has 1 saturated heterocycles. The molecule has 1 fully saturated rings. The van der Waals surface area contributed by atoms with E-state index in [4.69, 9.17) is 0 Å². The van der Waals surface area contributed by atoms with Gasteiger partial charge in [-0.25, -0.2) is 4.39 Å². The van der Waals surface area contributed by atoms with Crippen molar-refractivity contribution in [1.29, 1.82) is 0 Å². The Morgan fingerprint density at radius 2 is 1.95 bits per heavy atom. The summed E-state index contributed by atoms with van der Waals surface area (Å²) in [5.74, 6) is -0.0946. The van der Waals surface area contributed by atoms with Crippen LogP contribution in [-0.4, -0.2) is 31.1 Å². The zero-order valence-corrected chi connectivity index (χ0v) is 12.6. The van der Waals surface area contributed by atoms with Crippen molar-refractivity contribution in [2.75, 3.05) is 26.2 Å². The fourth-order valence-electron chi connectivity index (χ4n) is 2.99. The summed E-state index contributed by atoms with van der Waals surface area (Å²) < 4.78 is 13.8. The van der Waals surface area contributed by atoms with Crippen molar-refractivity contribution in [3.05, 3.63) is 35.6 Å². The Labute approximate surface area is 122 Å². The number of nitrogens with one attached hydrogen (secondary N) is 1. The van der Waals surface area contributed by atoms with Gasteiger partial charge in [0.05, 0.1) is 0 Å². The van der Waals surface area contributed by atoms with E-state index in [1.807, 2.05) is 12.1 Å². The Bertz CT molecular complexity index is 388. The Kier molecular flexibility index (Phi) is 6.48. The maximum absolute atomic E-state index is 13.8. The SMILES string of the molecule is CCC(NCCCN1CCCCC1)c1ccccc1F. The first-order chi connectivity index (χ1) is 9.81. The van der Waals surface area contributed by atoms with Gasteiger partial charge in [-0.1, -0.05) is 31.5 Å². The van der Waals surface area contributed by atoms with Gasteiger partial charge in [0.25, 0.3) is 0 Å². The number of benzene rings is 1. The summed E-state index contributed by atoms with van der Waals surface area (Å²) in [4.78, 5) is 2.55. The summed E-state index contributed by atoms with van der Waals surface area (Å²) in [6.07, 6.45) is 6.15. The molecule has 1 N–H and O–H groups in total. The second-order valence-electron chi connectivity index (χ2n) is 5.69. The number of nitrogens with zero attached hydrogens (tertiary/aromatic N) is 1. The molecule has 1 aromatic rings. The van der Waals surface area contributed by atoms with Crippen molar-refractivity contribution in [3.63, 3.8) is 0 Å². The highest BCUT2D eigenvalue weighted by Crippen LogP contribution is 2.19. The highest BCUT2D eigenvalue weighted by atomic mass is 19.1. The lowest BCUT2D eigenvalue weighted by atomic mass is 10.0. The largest absolute Gasteiger partial charge is 0.310 e. The molecule has 0 radical (unpaired) electrons. The van der Waals surface area contributed by atoms with Crippen molar-refractivity contribution < 1.29 is 4.39 Å². The monoisotopic (exact) mass is 278 g/mol. The fraction of sp³-hybridized carbons (Fsp3) is 0.647. The molecule has 0 bridgehead atoms. The first-order valence-corrected chi connectivity index (χ1v) is 8.01. The predicted molar refractivity (Wildman–Crippen MR) is 82.3 cm³/mol. The Morgan fingerprint density at radius 3 is 2.65 bits per heavy atom. The smallest absolute Gasteiger partial charge is 0.127 e. The third-order valence-electron chi connectivity index (χ3n) is 4.18. The van der Waals surface area contributed by atoms with Crippen molar-refractivity contribution >= 4 is 0 Å². The minimum atomic E-state index is -0.0946. The third-order valence-corrected chi connectivity index (χ3v) is 4.18. The van der Waals surface area contributed by atoms with E-state index in [0.29, 0.717) is 0 Å². The van der Waals surface area contributed by atoms with Gasteiger partial charge in [-0.3, -0.25) is 0 Å². The molecular formula is C17H27FN2. The maximum Gasteiger partial charge on any atom is 0.127 e. The standard InChI is InChI=1S/C17H27FN2/c1-2-17(15-9-4-5-10-16(15)18)19-11-8-14-20-12-6-3-7-13-20/h4-5,9-10,17,19H,2-3,6-8,11-14H2,1H3. The number of likely N-dealkylation sites (tertiary alicyclic amines) is 1. The Hall–Kier alpha value is -0.930. The lowest BCUT2D eigenvalue weighted by Crippen LogP contribution is -2.32. The molecule has 3 heteroatoms. The van der Waals surface area contributed by atoms with E-state index in [1.165, 1.54) is 38.9 Å². The molecular weight excluding hydrogens is 251 g/mol.